The molecule has 9 aromatic carbocycles. The maximum absolute atomic E-state index is 7.15. The lowest BCUT2D eigenvalue weighted by atomic mass is 9.56. The molecular weight excluding hydrogens is 790 g/mol. The highest BCUT2D eigenvalue weighted by atomic mass is 14.3. The van der Waals surface area contributed by atoms with E-state index >= 15 is 0 Å². The van der Waals surface area contributed by atoms with Crippen molar-refractivity contribution in [3.05, 3.63) is 48.5 Å². The third-order valence-corrected chi connectivity index (χ3v) is 13.3. The molecule has 0 heterocycles. The van der Waals surface area contributed by atoms with Gasteiger partial charge in [0.15, 0.2) is 0 Å². The molecule has 0 fully saturated rings. The molecule has 22 heteroatoms. The minimum atomic E-state index is -0.0770. The van der Waals surface area contributed by atoms with Crippen molar-refractivity contribution in [2.24, 2.45) is 0 Å². The Morgan fingerprint density at radius 3 is 0.721 bits per heavy atom. The summed E-state index contributed by atoms with van der Waals surface area (Å²) in [6, 6.07) is 14.7. The predicted molar refractivity (Wildman–Crippen MR) is 317 cm³/mol. The minimum Gasteiger partial charge on any atom is -0.112 e. The molecule has 9 aromatic rings. The van der Waals surface area contributed by atoms with Crippen LogP contribution in [0.1, 0.15) is 0 Å². The molecule has 0 aromatic heterocycles. The molecule has 0 aliphatic heterocycles. The van der Waals surface area contributed by atoms with Crippen LogP contribution in [0.3, 0.4) is 0 Å². The predicted octanol–water partition coefficient (Wildman–Crippen LogP) is -13.6. The molecule has 0 unspecified atom stereocenters. The first kappa shape index (κ1) is 48.5. The molecule has 0 N–H and O–H groups in total. The van der Waals surface area contributed by atoms with Crippen LogP contribution >= 0.6 is 0 Å². The minimum absolute atomic E-state index is 0.00587. The Bertz CT molecular complexity index is 3740. The molecule has 258 valence electrons. The lowest BCUT2D eigenvalue weighted by Gasteiger charge is -2.31. The second kappa shape index (κ2) is 17.1. The van der Waals surface area contributed by atoms with Crippen molar-refractivity contribution in [3.63, 3.8) is 0 Å². The standard InChI is InChI=1S/C46H8B22/c47-25-21(32(54)33(55)24-23(25)36(58)42(64)43(65)37(24)59)20-18-17(28(50)39(61)30(20)52)15(26(48)38(60)29(18)51)13-9-5-1-3-7-11(9)14(12-8-4-2-6-10(12)13)16-19(31(53)41(63)40(62)27(16)49)22-34(56)44(66)46(68)45(67)35(22)57/h1-8H. The second-order valence-corrected chi connectivity index (χ2v) is 16.7. The van der Waals surface area contributed by atoms with Crippen molar-refractivity contribution >= 4 is 336 Å². The second-order valence-electron chi connectivity index (χ2n) is 16.7. The molecule has 0 spiro atoms. The fourth-order valence-electron chi connectivity index (χ4n) is 9.74. The zero-order chi connectivity index (χ0) is 49.6. The van der Waals surface area contributed by atoms with E-state index in [0.29, 0.717) is 43.8 Å². The van der Waals surface area contributed by atoms with Gasteiger partial charge in [-0.2, -0.15) is 0 Å². The Hall–Kier alpha value is -4.55. The fraction of sp³-hybridized carbons (Fsp3) is 0. The summed E-state index contributed by atoms with van der Waals surface area (Å²) < 4.78 is 0. The zero-order valence-corrected chi connectivity index (χ0v) is 36.3. The summed E-state index contributed by atoms with van der Waals surface area (Å²) in [4.78, 5) is 0. The highest BCUT2D eigenvalue weighted by Crippen LogP contribution is 2.45. The van der Waals surface area contributed by atoms with E-state index in [2.05, 4.69) is 0 Å². The van der Waals surface area contributed by atoms with Gasteiger partial charge in [0, 0.05) is 0 Å². The van der Waals surface area contributed by atoms with Crippen LogP contribution in [0.15, 0.2) is 48.5 Å². The van der Waals surface area contributed by atoms with Gasteiger partial charge in [0.1, 0.15) is 173 Å². The van der Waals surface area contributed by atoms with Crippen molar-refractivity contribution < 1.29 is 0 Å². The lowest BCUT2D eigenvalue weighted by molar-refractivity contribution is 1.72. The Labute approximate surface area is 426 Å². The normalized spacial score (nSPS) is 11.6. The quantitative estimate of drug-likeness (QED) is 0.123. The van der Waals surface area contributed by atoms with Gasteiger partial charge in [-0.1, -0.05) is 120 Å². The third-order valence-electron chi connectivity index (χ3n) is 13.3. The van der Waals surface area contributed by atoms with Crippen LogP contribution < -0.4 is 120 Å². The summed E-state index contributed by atoms with van der Waals surface area (Å²) in [5.74, 6) is 0. The molecule has 0 saturated heterocycles. The average Bonchev–Trinajstić information content (AvgIpc) is 3.32. The summed E-state index contributed by atoms with van der Waals surface area (Å²) in [5.41, 5.74) is 1.64. The van der Waals surface area contributed by atoms with E-state index < -0.39 is 0 Å². The van der Waals surface area contributed by atoms with Crippen LogP contribution in [0.4, 0.5) is 0 Å². The molecule has 0 saturated carbocycles. The van der Waals surface area contributed by atoms with Gasteiger partial charge in [-0.25, -0.2) is 0 Å². The summed E-state index contributed by atoms with van der Waals surface area (Å²) in [7, 11) is 148. The van der Waals surface area contributed by atoms with Crippen LogP contribution in [0, 0.1) is 0 Å². The van der Waals surface area contributed by atoms with Gasteiger partial charge in [-0.3, -0.25) is 0 Å². The van der Waals surface area contributed by atoms with Gasteiger partial charge in [-0.05, 0) is 87.6 Å². The molecule has 0 nitrogen and oxygen atoms in total. The molecule has 0 bridgehead atoms. The molecule has 0 atom stereocenters. The van der Waals surface area contributed by atoms with Gasteiger partial charge >= 0.3 is 0 Å². The highest BCUT2D eigenvalue weighted by Gasteiger charge is 2.29. The van der Waals surface area contributed by atoms with Gasteiger partial charge in [0.05, 0.1) is 0 Å². The Kier molecular flexibility index (Phi) is 12.2. The number of hydrogen-bond donors (Lipinski definition) is 0. The van der Waals surface area contributed by atoms with Crippen molar-refractivity contribution in [2.45, 2.75) is 0 Å². The Morgan fingerprint density at radius 2 is 0.338 bits per heavy atom. The van der Waals surface area contributed by atoms with Crippen LogP contribution in [0.2, 0.25) is 0 Å². The molecule has 68 heavy (non-hydrogen) atoms. The first-order chi connectivity index (χ1) is 32.0. The monoisotopic (exact) mass is 802 g/mol. The lowest BCUT2D eigenvalue weighted by Crippen LogP contribution is -2.56. The smallest absolute Gasteiger partial charge is 0.112 e. The van der Waals surface area contributed by atoms with Crippen LogP contribution in [-0.2, 0) is 0 Å². The number of rotatable bonds is 4. The van der Waals surface area contributed by atoms with E-state index in [0.717, 1.165) is 0 Å². The maximum Gasteiger partial charge on any atom is 0.115 e. The number of benzene rings is 9. The molecule has 0 aliphatic rings. The van der Waals surface area contributed by atoms with Crippen LogP contribution in [-0.4, -0.2) is 173 Å². The molecular formula is C46H8B22. The largest absolute Gasteiger partial charge is 0.115 e. The van der Waals surface area contributed by atoms with E-state index in [9.17, 15) is 0 Å². The van der Waals surface area contributed by atoms with Crippen molar-refractivity contribution in [1.82, 2.24) is 0 Å². The van der Waals surface area contributed by atoms with E-state index in [1.54, 1.807) is 0 Å². The topological polar surface area (TPSA) is 0 Å². The first-order valence-electron chi connectivity index (χ1n) is 20.5. The summed E-state index contributed by atoms with van der Waals surface area (Å²) in [6.07, 6.45) is 0. The summed E-state index contributed by atoms with van der Waals surface area (Å²) >= 11 is 0. The molecule has 9 rings (SSSR count). The van der Waals surface area contributed by atoms with Crippen molar-refractivity contribution in [2.75, 3.05) is 0 Å². The first-order valence-corrected chi connectivity index (χ1v) is 20.5. The summed E-state index contributed by atoms with van der Waals surface area (Å²) in [5, 5.41) is 3.06. The van der Waals surface area contributed by atoms with E-state index in [1.165, 1.54) is 0 Å². The van der Waals surface area contributed by atoms with Crippen LogP contribution in [0.5, 0.6) is 0 Å². The van der Waals surface area contributed by atoms with Gasteiger partial charge in [0.2, 0.25) is 0 Å². The number of fused-ring (bicyclic) bond motifs is 4. The summed E-state index contributed by atoms with van der Waals surface area (Å²) in [6.45, 7) is 0. The Morgan fingerprint density at radius 1 is 0.147 bits per heavy atom. The van der Waals surface area contributed by atoms with E-state index in [-0.39, 0.29) is 164 Å². The number of hydrogen-bond acceptors (Lipinski definition) is 0. The van der Waals surface area contributed by atoms with Crippen molar-refractivity contribution in [1.29, 1.82) is 0 Å². The van der Waals surface area contributed by atoms with E-state index in [4.69, 9.17) is 173 Å². The third kappa shape index (κ3) is 6.53. The molecule has 0 amide bonds. The van der Waals surface area contributed by atoms with Crippen LogP contribution in [0.25, 0.3) is 87.6 Å². The average molecular weight is 798 g/mol. The Balaban J connectivity index is 1.51. The van der Waals surface area contributed by atoms with Gasteiger partial charge in [-0.15, -0.1) is 49.2 Å². The van der Waals surface area contributed by atoms with E-state index in [1.807, 2.05) is 48.5 Å². The zero-order valence-electron chi connectivity index (χ0n) is 36.3. The molecule has 0 aliphatic carbocycles. The fourth-order valence-corrected chi connectivity index (χ4v) is 9.74. The van der Waals surface area contributed by atoms with Gasteiger partial charge in [0.25, 0.3) is 0 Å². The maximum atomic E-state index is 7.15. The highest BCUT2D eigenvalue weighted by molar-refractivity contribution is 6.75. The van der Waals surface area contributed by atoms with Crippen molar-refractivity contribution in [3.8, 4) is 44.5 Å². The van der Waals surface area contributed by atoms with Gasteiger partial charge < -0.3 is 0 Å². The SMILES string of the molecule is [B]c1c([B])c([B])c(-c2c([B])c([B])c([B])c([B])c2-c2c3ccccc3c(-c3c([B])c([B])c([B])c4c(-c5c([B])c([B])c6c([B])c([B])c([B])c([B])c6c5[B])c([B])c([B])c([B])c34)c3ccccc23)c([B])c1[B]. The molecule has 44 radical (unpaired) electrons.